The van der Waals surface area contributed by atoms with Crippen LogP contribution in [-0.4, -0.2) is 64.4 Å². The van der Waals surface area contributed by atoms with Gasteiger partial charge in [0, 0.05) is 32.7 Å². The van der Waals surface area contributed by atoms with Crippen molar-refractivity contribution in [3.63, 3.8) is 0 Å². The van der Waals surface area contributed by atoms with Crippen LogP contribution in [0, 0.1) is 0 Å². The Morgan fingerprint density at radius 2 is 1.91 bits per heavy atom. The summed E-state index contributed by atoms with van der Waals surface area (Å²) in [6.45, 7) is 3.17. The molecule has 1 heterocycles. The fourth-order valence-electron chi connectivity index (χ4n) is 2.66. The van der Waals surface area contributed by atoms with Gasteiger partial charge < -0.3 is 9.80 Å². The highest BCUT2D eigenvalue weighted by atomic mass is 32.2. The Balaban J connectivity index is 1.98. The second-order valence-corrected chi connectivity index (χ2v) is 7.79. The van der Waals surface area contributed by atoms with Crippen molar-refractivity contribution in [2.45, 2.75) is 24.2 Å². The molecule has 1 saturated heterocycles. The fourth-order valence-corrected chi connectivity index (χ4v) is 3.73. The first kappa shape index (κ1) is 17.9. The summed E-state index contributed by atoms with van der Waals surface area (Å²) in [5.41, 5.74) is 0.369. The Morgan fingerprint density at radius 3 is 2.57 bits per heavy atom. The van der Waals surface area contributed by atoms with Gasteiger partial charge in [0.1, 0.15) is 0 Å². The Labute approximate surface area is 138 Å². The van der Waals surface area contributed by atoms with E-state index in [0.717, 1.165) is 19.6 Å². The van der Waals surface area contributed by atoms with Crippen molar-refractivity contribution < 1.29 is 13.2 Å². The van der Waals surface area contributed by atoms with Crippen LogP contribution in [0.4, 0.5) is 0 Å². The smallest absolute Gasteiger partial charge is 0.253 e. The van der Waals surface area contributed by atoms with E-state index in [0.29, 0.717) is 12.1 Å². The highest BCUT2D eigenvalue weighted by molar-refractivity contribution is 7.89. The minimum Gasteiger partial charge on any atom is -0.345 e. The van der Waals surface area contributed by atoms with Crippen molar-refractivity contribution >= 4 is 15.9 Å². The number of benzene rings is 1. The number of likely N-dealkylation sites (tertiary alicyclic amines) is 1. The van der Waals surface area contributed by atoms with Crippen LogP contribution in [-0.2, 0) is 10.0 Å². The lowest BCUT2D eigenvalue weighted by Crippen LogP contribution is -2.37. The second-order valence-electron chi connectivity index (χ2n) is 6.03. The summed E-state index contributed by atoms with van der Waals surface area (Å²) in [5, 5.41) is 0. The van der Waals surface area contributed by atoms with Gasteiger partial charge in [-0.2, -0.15) is 0 Å². The van der Waals surface area contributed by atoms with Crippen molar-refractivity contribution in [3.05, 3.63) is 29.8 Å². The predicted octanol–water partition coefficient (Wildman–Crippen LogP) is 1.15. The normalized spacial score (nSPS) is 16.3. The molecule has 6 nitrogen and oxygen atoms in total. The number of hydrogen-bond donors (Lipinski definition) is 1. The maximum Gasteiger partial charge on any atom is 0.253 e. The molecule has 1 aliphatic heterocycles. The molecule has 128 valence electrons. The summed E-state index contributed by atoms with van der Waals surface area (Å²) in [6.07, 6.45) is 3.62. The monoisotopic (exact) mass is 339 g/mol. The van der Waals surface area contributed by atoms with Gasteiger partial charge in [-0.1, -0.05) is 12.5 Å². The van der Waals surface area contributed by atoms with E-state index in [4.69, 9.17) is 0 Å². The molecule has 1 fully saturated rings. The Bertz CT molecular complexity index is 638. The quantitative estimate of drug-likeness (QED) is 0.844. The Hall–Kier alpha value is -1.44. The summed E-state index contributed by atoms with van der Waals surface area (Å²) in [4.78, 5) is 15.8. The first-order chi connectivity index (χ1) is 10.9. The molecule has 0 unspecified atom stereocenters. The zero-order valence-corrected chi connectivity index (χ0v) is 14.6. The molecule has 7 heteroatoms. The van der Waals surface area contributed by atoms with Gasteiger partial charge in [-0.3, -0.25) is 4.79 Å². The highest BCUT2D eigenvalue weighted by Crippen LogP contribution is 2.13. The molecular weight excluding hydrogens is 314 g/mol. The van der Waals surface area contributed by atoms with Gasteiger partial charge in [-0.25, -0.2) is 13.1 Å². The van der Waals surface area contributed by atoms with E-state index in [1.54, 1.807) is 26.2 Å². The third-order valence-corrected chi connectivity index (χ3v) is 5.42. The fraction of sp³-hybridized carbons (Fsp3) is 0.562. The lowest BCUT2D eigenvalue weighted by molar-refractivity contribution is 0.0827. The van der Waals surface area contributed by atoms with Crippen LogP contribution >= 0.6 is 0 Å². The second kappa shape index (κ2) is 7.90. The highest BCUT2D eigenvalue weighted by Gasteiger charge is 2.17. The van der Waals surface area contributed by atoms with Gasteiger partial charge in [0.05, 0.1) is 4.90 Å². The van der Waals surface area contributed by atoms with Gasteiger partial charge in [0.15, 0.2) is 0 Å². The molecule has 2 rings (SSSR count). The van der Waals surface area contributed by atoms with Crippen LogP contribution in [0.15, 0.2) is 29.2 Å². The number of carbonyl (C=O) groups is 1. The third-order valence-electron chi connectivity index (χ3n) is 3.97. The van der Waals surface area contributed by atoms with Crippen molar-refractivity contribution in [1.82, 2.24) is 14.5 Å². The topological polar surface area (TPSA) is 69.7 Å². The molecule has 1 aromatic rings. The molecule has 23 heavy (non-hydrogen) atoms. The molecule has 0 atom stereocenters. The zero-order chi connectivity index (χ0) is 16.9. The SMILES string of the molecule is CN(C)C(=O)c1cccc(S(=O)(=O)NCCN2CCCCC2)c1. The molecular formula is C16H25N3O3S. The minimum atomic E-state index is -3.59. The third kappa shape index (κ3) is 5.02. The number of sulfonamides is 1. The van der Waals surface area contributed by atoms with E-state index in [-0.39, 0.29) is 10.8 Å². The molecule has 0 bridgehead atoms. The van der Waals surface area contributed by atoms with Crippen LogP contribution in [0.3, 0.4) is 0 Å². The number of nitrogens with one attached hydrogen (secondary N) is 1. The molecule has 1 aromatic carbocycles. The van der Waals surface area contributed by atoms with Crippen molar-refractivity contribution in [2.75, 3.05) is 40.3 Å². The van der Waals surface area contributed by atoms with Crippen LogP contribution in [0.1, 0.15) is 29.6 Å². The van der Waals surface area contributed by atoms with Crippen LogP contribution in [0.25, 0.3) is 0 Å². The average Bonchev–Trinajstić information content (AvgIpc) is 2.55. The number of amides is 1. The maximum absolute atomic E-state index is 12.4. The summed E-state index contributed by atoms with van der Waals surface area (Å²) in [6, 6.07) is 6.15. The van der Waals surface area contributed by atoms with Crippen LogP contribution < -0.4 is 4.72 Å². The first-order valence-electron chi connectivity index (χ1n) is 7.94. The van der Waals surface area contributed by atoms with Gasteiger partial charge in [-0.15, -0.1) is 0 Å². The molecule has 1 amide bonds. The van der Waals surface area contributed by atoms with E-state index in [9.17, 15) is 13.2 Å². The number of piperidine rings is 1. The van der Waals surface area contributed by atoms with Gasteiger partial charge >= 0.3 is 0 Å². The van der Waals surface area contributed by atoms with Crippen LogP contribution in [0.2, 0.25) is 0 Å². The van der Waals surface area contributed by atoms with E-state index < -0.39 is 10.0 Å². The molecule has 1 N–H and O–H groups in total. The van der Waals surface area contributed by atoms with Crippen LogP contribution in [0.5, 0.6) is 0 Å². The first-order valence-corrected chi connectivity index (χ1v) is 9.42. The minimum absolute atomic E-state index is 0.129. The number of hydrogen-bond acceptors (Lipinski definition) is 4. The molecule has 1 aliphatic rings. The average molecular weight is 339 g/mol. The standard InChI is InChI=1S/C16H25N3O3S/c1-18(2)16(20)14-7-6-8-15(13-14)23(21,22)17-9-12-19-10-4-3-5-11-19/h6-8,13,17H,3-5,9-12H2,1-2H3. The Morgan fingerprint density at radius 1 is 1.22 bits per heavy atom. The summed E-state index contributed by atoms with van der Waals surface area (Å²) in [7, 11) is -0.312. The van der Waals surface area contributed by atoms with Crippen molar-refractivity contribution in [3.8, 4) is 0 Å². The summed E-state index contributed by atoms with van der Waals surface area (Å²) in [5.74, 6) is -0.213. The van der Waals surface area contributed by atoms with Gasteiger partial charge in [0.2, 0.25) is 10.0 Å². The molecule has 0 spiro atoms. The van der Waals surface area contributed by atoms with E-state index in [2.05, 4.69) is 9.62 Å². The summed E-state index contributed by atoms with van der Waals surface area (Å²) >= 11 is 0. The zero-order valence-electron chi connectivity index (χ0n) is 13.8. The van der Waals surface area contributed by atoms with Crippen molar-refractivity contribution in [1.29, 1.82) is 0 Å². The van der Waals surface area contributed by atoms with E-state index in [1.165, 1.54) is 36.3 Å². The van der Waals surface area contributed by atoms with Gasteiger partial charge in [0.25, 0.3) is 5.91 Å². The van der Waals surface area contributed by atoms with Crippen molar-refractivity contribution in [2.24, 2.45) is 0 Å². The number of rotatable bonds is 6. The Kier molecular flexibility index (Phi) is 6.15. The molecule has 0 aliphatic carbocycles. The number of nitrogens with zero attached hydrogens (tertiary/aromatic N) is 2. The maximum atomic E-state index is 12.4. The summed E-state index contributed by atoms with van der Waals surface area (Å²) < 4.78 is 27.4. The molecule has 0 aromatic heterocycles. The molecule has 0 saturated carbocycles. The predicted molar refractivity (Wildman–Crippen MR) is 89.9 cm³/mol. The van der Waals surface area contributed by atoms with E-state index in [1.807, 2.05) is 0 Å². The van der Waals surface area contributed by atoms with Gasteiger partial charge in [-0.05, 0) is 44.1 Å². The lowest BCUT2D eigenvalue weighted by atomic mass is 10.1. The van der Waals surface area contributed by atoms with E-state index >= 15 is 0 Å². The number of carbonyl (C=O) groups excluding carboxylic acids is 1. The largest absolute Gasteiger partial charge is 0.345 e. The lowest BCUT2D eigenvalue weighted by Gasteiger charge is -2.26. The molecule has 0 radical (unpaired) electrons.